The minimum Gasteiger partial charge on any atom is -0.326 e. The van der Waals surface area contributed by atoms with Crippen molar-refractivity contribution in [2.75, 3.05) is 5.32 Å². The Morgan fingerprint density at radius 2 is 1.77 bits per heavy atom. The van der Waals surface area contributed by atoms with E-state index < -0.39 is 17.8 Å². The molecule has 1 atom stereocenters. The summed E-state index contributed by atoms with van der Waals surface area (Å²) < 4.78 is 41.6. The molecule has 0 saturated carbocycles. The van der Waals surface area contributed by atoms with Gasteiger partial charge in [0.15, 0.2) is 5.69 Å². The molecule has 0 spiro atoms. The molecule has 9 heteroatoms. The van der Waals surface area contributed by atoms with E-state index in [1.165, 1.54) is 11.6 Å². The number of hydrogen-bond acceptors (Lipinski definition) is 3. The SMILES string of the molecule is Cc1cc(C)n(Cc2cccc(NC(=O)C(C)Cn3nc(C(F)(F)F)cc3C)c2)n1. The number of anilines is 1. The molecule has 3 rings (SSSR count). The van der Waals surface area contributed by atoms with Gasteiger partial charge in [-0.3, -0.25) is 14.2 Å². The molecule has 0 bridgehead atoms. The molecular formula is C21H24F3N5O. The van der Waals surface area contributed by atoms with Crippen LogP contribution in [0.5, 0.6) is 0 Å². The van der Waals surface area contributed by atoms with E-state index in [1.807, 2.05) is 42.8 Å². The summed E-state index contributed by atoms with van der Waals surface area (Å²) in [5.74, 6) is -0.855. The van der Waals surface area contributed by atoms with E-state index in [0.717, 1.165) is 23.0 Å². The van der Waals surface area contributed by atoms with Crippen LogP contribution in [0.2, 0.25) is 0 Å². The maximum Gasteiger partial charge on any atom is 0.435 e. The van der Waals surface area contributed by atoms with E-state index in [9.17, 15) is 18.0 Å². The molecule has 0 aliphatic heterocycles. The number of alkyl halides is 3. The monoisotopic (exact) mass is 419 g/mol. The standard InChI is InChI=1S/C21H24F3N5O/c1-13(11-28-16(4)9-19(27-28)21(22,23)24)20(30)25-18-7-5-6-17(10-18)12-29-15(3)8-14(2)26-29/h5-10,13H,11-12H2,1-4H3,(H,25,30). The van der Waals surface area contributed by atoms with Gasteiger partial charge in [0.05, 0.1) is 24.7 Å². The fraction of sp³-hybridized carbons (Fsp3) is 0.381. The molecule has 160 valence electrons. The van der Waals surface area contributed by atoms with Crippen LogP contribution in [0.4, 0.5) is 18.9 Å². The molecule has 0 aliphatic carbocycles. The maximum absolute atomic E-state index is 12.8. The first-order chi connectivity index (χ1) is 14.0. The van der Waals surface area contributed by atoms with Gasteiger partial charge in [-0.15, -0.1) is 0 Å². The molecule has 1 aromatic carbocycles. The van der Waals surface area contributed by atoms with Crippen molar-refractivity contribution >= 4 is 11.6 Å². The highest BCUT2D eigenvalue weighted by atomic mass is 19.4. The summed E-state index contributed by atoms with van der Waals surface area (Å²) in [4.78, 5) is 12.6. The summed E-state index contributed by atoms with van der Waals surface area (Å²) in [5, 5.41) is 10.9. The Bertz CT molecular complexity index is 1050. The van der Waals surface area contributed by atoms with E-state index >= 15 is 0 Å². The number of nitrogens with one attached hydrogen (secondary N) is 1. The number of halogens is 3. The third kappa shape index (κ3) is 5.08. The number of hydrogen-bond donors (Lipinski definition) is 1. The van der Waals surface area contributed by atoms with E-state index in [-0.39, 0.29) is 12.5 Å². The van der Waals surface area contributed by atoms with Gasteiger partial charge in [0.25, 0.3) is 0 Å². The van der Waals surface area contributed by atoms with Gasteiger partial charge in [-0.1, -0.05) is 19.1 Å². The lowest BCUT2D eigenvalue weighted by atomic mass is 10.1. The normalized spacial score (nSPS) is 12.8. The van der Waals surface area contributed by atoms with Crippen LogP contribution in [-0.4, -0.2) is 25.5 Å². The Labute approximate surface area is 172 Å². The van der Waals surface area contributed by atoms with Gasteiger partial charge in [-0.05, 0) is 50.6 Å². The van der Waals surface area contributed by atoms with Gasteiger partial charge < -0.3 is 5.32 Å². The van der Waals surface area contributed by atoms with E-state index in [1.54, 1.807) is 13.0 Å². The molecule has 0 saturated heterocycles. The van der Waals surface area contributed by atoms with E-state index in [4.69, 9.17) is 0 Å². The topological polar surface area (TPSA) is 64.7 Å². The smallest absolute Gasteiger partial charge is 0.326 e. The second kappa shape index (κ2) is 8.33. The third-order valence-corrected chi connectivity index (χ3v) is 4.80. The molecule has 1 unspecified atom stereocenters. The van der Waals surface area contributed by atoms with Crippen molar-refractivity contribution in [3.8, 4) is 0 Å². The predicted octanol–water partition coefficient (Wildman–Crippen LogP) is 4.35. The predicted molar refractivity (Wildman–Crippen MR) is 107 cm³/mol. The van der Waals surface area contributed by atoms with Crippen molar-refractivity contribution in [3.63, 3.8) is 0 Å². The Kier molecular flexibility index (Phi) is 6.00. The first kappa shape index (κ1) is 21.6. The van der Waals surface area contributed by atoms with Gasteiger partial charge in [-0.25, -0.2) is 0 Å². The highest BCUT2D eigenvalue weighted by Crippen LogP contribution is 2.28. The number of carbonyl (C=O) groups is 1. The highest BCUT2D eigenvalue weighted by molar-refractivity contribution is 5.92. The van der Waals surface area contributed by atoms with Gasteiger partial charge >= 0.3 is 6.18 Å². The van der Waals surface area contributed by atoms with Crippen LogP contribution in [0.25, 0.3) is 0 Å². The first-order valence-electron chi connectivity index (χ1n) is 9.55. The van der Waals surface area contributed by atoms with Crippen LogP contribution in [0, 0.1) is 26.7 Å². The number of aryl methyl sites for hydroxylation is 3. The third-order valence-electron chi connectivity index (χ3n) is 4.80. The lowest BCUT2D eigenvalue weighted by molar-refractivity contribution is -0.141. The highest BCUT2D eigenvalue weighted by Gasteiger charge is 2.34. The Morgan fingerprint density at radius 1 is 1.07 bits per heavy atom. The minimum atomic E-state index is -4.51. The van der Waals surface area contributed by atoms with Crippen molar-refractivity contribution in [1.29, 1.82) is 0 Å². The Hall–Kier alpha value is -3.10. The molecule has 30 heavy (non-hydrogen) atoms. The summed E-state index contributed by atoms with van der Waals surface area (Å²) in [6, 6.07) is 10.4. The fourth-order valence-corrected chi connectivity index (χ4v) is 3.20. The lowest BCUT2D eigenvalue weighted by Gasteiger charge is -2.14. The van der Waals surface area contributed by atoms with Crippen LogP contribution in [-0.2, 0) is 24.1 Å². The molecule has 1 N–H and O–H groups in total. The van der Waals surface area contributed by atoms with E-state index in [2.05, 4.69) is 15.5 Å². The number of benzene rings is 1. The molecule has 6 nitrogen and oxygen atoms in total. The second-order valence-corrected chi connectivity index (χ2v) is 7.53. The zero-order valence-corrected chi connectivity index (χ0v) is 17.3. The quantitative estimate of drug-likeness (QED) is 0.646. The van der Waals surface area contributed by atoms with Gasteiger partial charge in [0, 0.05) is 17.1 Å². The maximum atomic E-state index is 12.8. The molecular weight excluding hydrogens is 395 g/mol. The van der Waals surface area contributed by atoms with Gasteiger partial charge in [-0.2, -0.15) is 23.4 Å². The van der Waals surface area contributed by atoms with E-state index in [0.29, 0.717) is 17.9 Å². The summed E-state index contributed by atoms with van der Waals surface area (Å²) in [6.45, 7) is 7.74. The minimum absolute atomic E-state index is 0.0548. The van der Waals surface area contributed by atoms with Crippen LogP contribution in [0.1, 0.15) is 35.3 Å². The Balaban J connectivity index is 1.66. The first-order valence-corrected chi connectivity index (χ1v) is 9.55. The van der Waals surface area contributed by atoms with Crippen LogP contribution in [0.15, 0.2) is 36.4 Å². The zero-order valence-electron chi connectivity index (χ0n) is 17.3. The average molecular weight is 419 g/mol. The van der Waals surface area contributed by atoms with Crippen molar-refractivity contribution in [2.45, 2.75) is 47.0 Å². The molecule has 1 amide bonds. The van der Waals surface area contributed by atoms with Crippen molar-refractivity contribution in [3.05, 3.63) is 64.7 Å². The number of aromatic nitrogens is 4. The fourth-order valence-electron chi connectivity index (χ4n) is 3.20. The summed E-state index contributed by atoms with van der Waals surface area (Å²) in [5.41, 5.74) is 2.98. The van der Waals surface area contributed by atoms with Gasteiger partial charge in [0.1, 0.15) is 0 Å². The summed E-state index contributed by atoms with van der Waals surface area (Å²) in [6.07, 6.45) is -4.51. The Morgan fingerprint density at radius 3 is 2.37 bits per heavy atom. The summed E-state index contributed by atoms with van der Waals surface area (Å²) in [7, 11) is 0. The zero-order chi connectivity index (χ0) is 22.1. The molecule has 0 fully saturated rings. The number of nitrogens with zero attached hydrogens (tertiary/aromatic N) is 4. The molecule has 2 aromatic heterocycles. The second-order valence-electron chi connectivity index (χ2n) is 7.53. The molecule has 2 heterocycles. The van der Waals surface area contributed by atoms with Gasteiger partial charge in [0.2, 0.25) is 5.91 Å². The number of rotatable bonds is 6. The lowest BCUT2D eigenvalue weighted by Crippen LogP contribution is -2.25. The number of amides is 1. The van der Waals surface area contributed by atoms with Crippen molar-refractivity contribution < 1.29 is 18.0 Å². The van der Waals surface area contributed by atoms with Crippen molar-refractivity contribution in [2.24, 2.45) is 5.92 Å². The number of carbonyl (C=O) groups excluding carboxylic acids is 1. The van der Waals surface area contributed by atoms with Crippen LogP contribution >= 0.6 is 0 Å². The van der Waals surface area contributed by atoms with Crippen LogP contribution < -0.4 is 5.32 Å². The molecule has 3 aromatic rings. The average Bonchev–Trinajstić information content (AvgIpc) is 3.17. The largest absolute Gasteiger partial charge is 0.435 e. The molecule has 0 aliphatic rings. The van der Waals surface area contributed by atoms with Crippen molar-refractivity contribution in [1.82, 2.24) is 19.6 Å². The van der Waals surface area contributed by atoms with Crippen LogP contribution in [0.3, 0.4) is 0 Å². The summed E-state index contributed by atoms with van der Waals surface area (Å²) >= 11 is 0. The molecule has 0 radical (unpaired) electrons.